The van der Waals surface area contributed by atoms with Crippen molar-refractivity contribution in [2.45, 2.75) is 32.2 Å². The molecule has 1 fully saturated rings. The van der Waals surface area contributed by atoms with Crippen LogP contribution >= 0.6 is 15.9 Å². The van der Waals surface area contributed by atoms with Gasteiger partial charge < -0.3 is 15.8 Å². The van der Waals surface area contributed by atoms with Crippen molar-refractivity contribution < 1.29 is 5.21 Å². The molecular formula is C13H18BrN3O. The summed E-state index contributed by atoms with van der Waals surface area (Å²) in [6, 6.07) is 6.65. The minimum absolute atomic E-state index is 0.127. The fraction of sp³-hybridized carbons (Fsp3) is 0.462. The molecule has 1 aliphatic carbocycles. The quantitative estimate of drug-likeness (QED) is 0.380. The number of anilines is 1. The lowest BCUT2D eigenvalue weighted by molar-refractivity contribution is 0.318. The zero-order valence-electron chi connectivity index (χ0n) is 10.4. The van der Waals surface area contributed by atoms with Crippen LogP contribution in [0.15, 0.2) is 27.8 Å². The van der Waals surface area contributed by atoms with Gasteiger partial charge >= 0.3 is 0 Å². The van der Waals surface area contributed by atoms with E-state index in [1.54, 1.807) is 0 Å². The lowest BCUT2D eigenvalue weighted by Crippen LogP contribution is -2.26. The Hall–Kier alpha value is -1.23. The van der Waals surface area contributed by atoms with Gasteiger partial charge in [0.25, 0.3) is 0 Å². The molecule has 0 aromatic heterocycles. The van der Waals surface area contributed by atoms with Gasteiger partial charge in [0.1, 0.15) is 0 Å². The number of nitrogens with two attached hydrogens (primary N) is 1. The van der Waals surface area contributed by atoms with Crippen LogP contribution in [0.25, 0.3) is 0 Å². The second-order valence-electron chi connectivity index (χ2n) is 4.57. The summed E-state index contributed by atoms with van der Waals surface area (Å²) < 4.78 is 0.858. The number of hydrogen-bond acceptors (Lipinski definition) is 3. The first-order valence-electron chi connectivity index (χ1n) is 6.21. The molecule has 0 bridgehead atoms. The fourth-order valence-corrected chi connectivity index (χ4v) is 2.66. The molecule has 1 saturated carbocycles. The van der Waals surface area contributed by atoms with E-state index >= 15 is 0 Å². The van der Waals surface area contributed by atoms with Gasteiger partial charge in [-0.15, -0.1) is 0 Å². The summed E-state index contributed by atoms with van der Waals surface area (Å²) in [7, 11) is 0. The third-order valence-electron chi connectivity index (χ3n) is 3.12. The van der Waals surface area contributed by atoms with E-state index in [-0.39, 0.29) is 5.84 Å². The monoisotopic (exact) mass is 311 g/mol. The maximum Gasteiger partial charge on any atom is 0.171 e. The number of hydrogen-bond donors (Lipinski definition) is 2. The summed E-state index contributed by atoms with van der Waals surface area (Å²) in [6.45, 7) is 3.26. The van der Waals surface area contributed by atoms with Crippen molar-refractivity contribution in [1.82, 2.24) is 0 Å². The first-order valence-corrected chi connectivity index (χ1v) is 7.00. The smallest absolute Gasteiger partial charge is 0.171 e. The van der Waals surface area contributed by atoms with Crippen LogP contribution in [0.5, 0.6) is 0 Å². The van der Waals surface area contributed by atoms with E-state index in [0.29, 0.717) is 11.6 Å². The molecule has 0 atom stereocenters. The van der Waals surface area contributed by atoms with Gasteiger partial charge in [0.05, 0.1) is 0 Å². The number of rotatable bonds is 5. The number of oxime groups is 1. The molecule has 0 saturated heterocycles. The molecule has 0 amide bonds. The first-order chi connectivity index (χ1) is 8.67. The molecule has 5 heteroatoms. The van der Waals surface area contributed by atoms with Gasteiger partial charge in [-0.1, -0.05) is 12.1 Å². The van der Waals surface area contributed by atoms with Crippen molar-refractivity contribution in [3.05, 3.63) is 28.2 Å². The van der Waals surface area contributed by atoms with Crippen LogP contribution < -0.4 is 10.6 Å². The maximum absolute atomic E-state index is 8.71. The minimum atomic E-state index is 0.127. The number of halogens is 1. The summed E-state index contributed by atoms with van der Waals surface area (Å²) in [5.74, 6) is 0.127. The summed E-state index contributed by atoms with van der Waals surface area (Å²) in [4.78, 5) is 2.43. The average Bonchev–Trinajstić information content (AvgIpc) is 3.19. The molecule has 18 heavy (non-hydrogen) atoms. The number of amidine groups is 1. The maximum atomic E-state index is 8.71. The highest BCUT2D eigenvalue weighted by molar-refractivity contribution is 9.10. The van der Waals surface area contributed by atoms with E-state index < -0.39 is 0 Å². The Labute approximate surface area is 116 Å². The van der Waals surface area contributed by atoms with Gasteiger partial charge in [-0.2, -0.15) is 0 Å². The molecule has 3 N–H and O–H groups in total. The standard InChI is InChI=1S/C13H18BrN3O/c1-2-7-17(9-3-4-9)10-5-6-11(12(14)8-10)13(15)16-18/h5-6,8-9,18H,2-4,7H2,1H3,(H2,15,16). The largest absolute Gasteiger partial charge is 0.409 e. The number of nitrogens with zero attached hydrogens (tertiary/aromatic N) is 2. The van der Waals surface area contributed by atoms with Gasteiger partial charge in [-0.25, -0.2) is 0 Å². The Morgan fingerprint density at radius 3 is 2.78 bits per heavy atom. The highest BCUT2D eigenvalue weighted by atomic mass is 79.9. The summed E-state index contributed by atoms with van der Waals surface area (Å²) in [5.41, 5.74) is 7.52. The lowest BCUT2D eigenvalue weighted by atomic mass is 10.1. The Morgan fingerprint density at radius 1 is 1.56 bits per heavy atom. The van der Waals surface area contributed by atoms with E-state index in [9.17, 15) is 0 Å². The Morgan fingerprint density at radius 2 is 2.28 bits per heavy atom. The van der Waals surface area contributed by atoms with Crippen molar-refractivity contribution in [1.29, 1.82) is 0 Å². The minimum Gasteiger partial charge on any atom is -0.409 e. The third-order valence-corrected chi connectivity index (χ3v) is 3.78. The predicted octanol–water partition coefficient (Wildman–Crippen LogP) is 2.92. The molecule has 98 valence electrons. The van der Waals surface area contributed by atoms with Gasteiger partial charge in [0.2, 0.25) is 0 Å². The average molecular weight is 312 g/mol. The van der Waals surface area contributed by atoms with E-state index in [4.69, 9.17) is 10.9 Å². The third kappa shape index (κ3) is 2.77. The summed E-state index contributed by atoms with van der Waals surface area (Å²) in [6.07, 6.45) is 3.69. The zero-order valence-corrected chi connectivity index (χ0v) is 12.0. The number of benzene rings is 1. The van der Waals surface area contributed by atoms with Gasteiger partial charge in [0, 0.05) is 28.3 Å². The molecule has 0 radical (unpaired) electrons. The van der Waals surface area contributed by atoms with Crippen LogP contribution in [-0.2, 0) is 0 Å². The molecule has 0 unspecified atom stereocenters. The molecule has 2 rings (SSSR count). The summed E-state index contributed by atoms with van der Waals surface area (Å²) in [5, 5.41) is 11.7. The molecular weight excluding hydrogens is 294 g/mol. The molecule has 0 spiro atoms. The molecule has 0 heterocycles. The Bertz CT molecular complexity index is 458. The predicted molar refractivity (Wildman–Crippen MR) is 77.3 cm³/mol. The van der Waals surface area contributed by atoms with Crippen molar-refractivity contribution in [3.8, 4) is 0 Å². The second kappa shape index (κ2) is 5.61. The van der Waals surface area contributed by atoms with Gasteiger partial charge in [-0.3, -0.25) is 0 Å². The van der Waals surface area contributed by atoms with E-state index in [1.807, 2.05) is 18.2 Å². The van der Waals surface area contributed by atoms with Crippen LogP contribution in [0.1, 0.15) is 31.7 Å². The topological polar surface area (TPSA) is 61.8 Å². The first kappa shape index (κ1) is 13.2. The van der Waals surface area contributed by atoms with E-state index in [0.717, 1.165) is 17.4 Å². The van der Waals surface area contributed by atoms with Crippen LogP contribution in [-0.4, -0.2) is 23.6 Å². The molecule has 1 aromatic carbocycles. The molecule has 1 aliphatic rings. The van der Waals surface area contributed by atoms with Crippen LogP contribution in [0, 0.1) is 0 Å². The van der Waals surface area contributed by atoms with Crippen molar-refractivity contribution in [2.24, 2.45) is 10.9 Å². The van der Waals surface area contributed by atoms with Crippen molar-refractivity contribution >= 4 is 27.5 Å². The molecule has 1 aromatic rings. The SMILES string of the molecule is CCCN(c1ccc(/C(N)=N/O)c(Br)c1)C1CC1. The normalized spacial score (nSPS) is 15.8. The Balaban J connectivity index is 2.26. The zero-order chi connectivity index (χ0) is 13.1. The van der Waals surface area contributed by atoms with E-state index in [1.165, 1.54) is 18.5 Å². The molecule has 0 aliphatic heterocycles. The van der Waals surface area contributed by atoms with Gasteiger partial charge in [-0.05, 0) is 53.4 Å². The highest BCUT2D eigenvalue weighted by Gasteiger charge is 2.28. The fourth-order valence-electron chi connectivity index (χ4n) is 2.09. The van der Waals surface area contributed by atoms with E-state index in [2.05, 4.69) is 32.9 Å². The highest BCUT2D eigenvalue weighted by Crippen LogP contribution is 2.33. The van der Waals surface area contributed by atoms with Gasteiger partial charge in [0.15, 0.2) is 5.84 Å². The Kier molecular flexibility index (Phi) is 4.11. The second-order valence-corrected chi connectivity index (χ2v) is 5.43. The van der Waals surface area contributed by atoms with Crippen molar-refractivity contribution in [3.63, 3.8) is 0 Å². The van der Waals surface area contributed by atoms with Crippen LogP contribution in [0.2, 0.25) is 0 Å². The van der Waals surface area contributed by atoms with Crippen LogP contribution in [0.4, 0.5) is 5.69 Å². The molecule has 4 nitrogen and oxygen atoms in total. The lowest BCUT2D eigenvalue weighted by Gasteiger charge is -2.24. The van der Waals surface area contributed by atoms with Crippen molar-refractivity contribution in [2.75, 3.05) is 11.4 Å². The van der Waals surface area contributed by atoms with Crippen LogP contribution in [0.3, 0.4) is 0 Å². The summed E-state index contributed by atoms with van der Waals surface area (Å²) >= 11 is 3.48.